The van der Waals surface area contributed by atoms with Crippen LogP contribution in [0.2, 0.25) is 0 Å². The third-order valence-electron chi connectivity index (χ3n) is 4.16. The van der Waals surface area contributed by atoms with Gasteiger partial charge in [-0.05, 0) is 26.8 Å². The fourth-order valence-electron chi connectivity index (χ4n) is 2.73. The molecule has 0 aromatic carbocycles. The summed E-state index contributed by atoms with van der Waals surface area (Å²) in [5, 5.41) is 7.23. The van der Waals surface area contributed by atoms with Gasteiger partial charge in [0.25, 0.3) is 0 Å². The third-order valence-corrected chi connectivity index (χ3v) is 4.16. The van der Waals surface area contributed by atoms with Gasteiger partial charge in [-0.1, -0.05) is 25.9 Å². The highest BCUT2D eigenvalue weighted by molar-refractivity contribution is 5.81. The lowest BCUT2D eigenvalue weighted by molar-refractivity contribution is -0.140. The Bertz CT molecular complexity index is 506. The molecule has 6 nitrogen and oxygen atoms in total. The first-order chi connectivity index (χ1) is 10.3. The van der Waals surface area contributed by atoms with Crippen molar-refractivity contribution in [2.75, 3.05) is 20.1 Å². The van der Waals surface area contributed by atoms with Crippen LogP contribution in [0.5, 0.6) is 0 Å². The second-order valence-electron chi connectivity index (χ2n) is 7.28. The zero-order chi connectivity index (χ0) is 16.3. The number of amides is 1. The number of nitrogens with one attached hydrogen (secondary N) is 1. The van der Waals surface area contributed by atoms with Gasteiger partial charge in [0.2, 0.25) is 11.8 Å². The Hall–Kier alpha value is -1.43. The van der Waals surface area contributed by atoms with Gasteiger partial charge >= 0.3 is 0 Å². The summed E-state index contributed by atoms with van der Waals surface area (Å²) in [6.07, 6.45) is 2.73. The second-order valence-corrected chi connectivity index (χ2v) is 7.28. The number of carbonyl (C=O) groups excluding carboxylic acids is 1. The molecule has 1 N–H and O–H groups in total. The van der Waals surface area contributed by atoms with Gasteiger partial charge in [-0.2, -0.15) is 4.98 Å². The molecule has 124 valence electrons. The summed E-state index contributed by atoms with van der Waals surface area (Å²) in [4.78, 5) is 18.9. The fourth-order valence-corrected chi connectivity index (χ4v) is 2.73. The molecule has 1 amide bonds. The maximum absolute atomic E-state index is 12.4. The number of hydrogen-bond acceptors (Lipinski definition) is 5. The zero-order valence-corrected chi connectivity index (χ0v) is 14.3. The Morgan fingerprint density at radius 2 is 2.23 bits per heavy atom. The predicted molar refractivity (Wildman–Crippen MR) is 84.5 cm³/mol. The lowest BCUT2D eigenvalue weighted by atomic mass is 9.91. The molecule has 1 aromatic rings. The van der Waals surface area contributed by atoms with Crippen LogP contribution in [-0.2, 0) is 11.2 Å². The lowest BCUT2D eigenvalue weighted by Crippen LogP contribution is -2.44. The first-order valence-electron chi connectivity index (χ1n) is 8.10. The van der Waals surface area contributed by atoms with E-state index >= 15 is 0 Å². The van der Waals surface area contributed by atoms with E-state index in [0.29, 0.717) is 18.5 Å². The van der Waals surface area contributed by atoms with E-state index in [1.807, 2.05) is 32.7 Å². The summed E-state index contributed by atoms with van der Waals surface area (Å²) in [6.45, 7) is 9.47. The van der Waals surface area contributed by atoms with Crippen molar-refractivity contribution in [1.29, 1.82) is 0 Å². The van der Waals surface area contributed by atoms with Gasteiger partial charge < -0.3 is 14.7 Å². The fraction of sp³-hybridized carbons (Fsp3) is 0.812. The van der Waals surface area contributed by atoms with E-state index in [1.54, 1.807) is 0 Å². The summed E-state index contributed by atoms with van der Waals surface area (Å²) < 4.78 is 5.44. The molecular formula is C16H28N4O2. The Labute approximate surface area is 132 Å². The number of aromatic nitrogens is 2. The van der Waals surface area contributed by atoms with Gasteiger partial charge in [-0.3, -0.25) is 4.79 Å². The molecule has 0 saturated carbocycles. The van der Waals surface area contributed by atoms with E-state index < -0.39 is 0 Å². The first kappa shape index (κ1) is 16.9. The van der Waals surface area contributed by atoms with Gasteiger partial charge in [0.1, 0.15) is 0 Å². The molecule has 0 radical (unpaired) electrons. The number of likely N-dealkylation sites (N-methyl/N-ethyl adjacent to an activating group) is 1. The van der Waals surface area contributed by atoms with Crippen molar-refractivity contribution in [3.05, 3.63) is 11.7 Å². The highest BCUT2D eigenvalue weighted by Gasteiger charge is 2.33. The van der Waals surface area contributed by atoms with E-state index in [2.05, 4.69) is 22.4 Å². The van der Waals surface area contributed by atoms with Gasteiger partial charge in [-0.25, -0.2) is 0 Å². The Morgan fingerprint density at radius 1 is 1.50 bits per heavy atom. The number of piperidine rings is 1. The SMILES string of the molecule is CNC(C)Cc1noc(C2CCCN(C(=O)C(C)(C)C)C2)n1. The monoisotopic (exact) mass is 308 g/mol. The maximum Gasteiger partial charge on any atom is 0.231 e. The van der Waals surface area contributed by atoms with Crippen LogP contribution in [0, 0.1) is 5.41 Å². The molecule has 1 saturated heterocycles. The summed E-state index contributed by atoms with van der Waals surface area (Å²) in [5.74, 6) is 1.76. The highest BCUT2D eigenvalue weighted by Crippen LogP contribution is 2.28. The molecule has 6 heteroatoms. The molecule has 2 unspecified atom stereocenters. The van der Waals surface area contributed by atoms with Gasteiger partial charge in [0.05, 0.1) is 5.92 Å². The minimum absolute atomic E-state index is 0.159. The van der Waals surface area contributed by atoms with Crippen molar-refractivity contribution in [3.8, 4) is 0 Å². The van der Waals surface area contributed by atoms with E-state index in [0.717, 1.165) is 31.6 Å². The number of hydrogen-bond donors (Lipinski definition) is 1. The average molecular weight is 308 g/mol. The van der Waals surface area contributed by atoms with Crippen LogP contribution < -0.4 is 5.32 Å². The molecule has 1 aliphatic heterocycles. The normalized spacial score (nSPS) is 21.0. The van der Waals surface area contributed by atoms with Gasteiger partial charge in [0, 0.05) is 31.0 Å². The minimum atomic E-state index is -0.343. The van der Waals surface area contributed by atoms with Crippen LogP contribution in [0.4, 0.5) is 0 Å². The van der Waals surface area contributed by atoms with Crippen LogP contribution in [0.3, 0.4) is 0 Å². The van der Waals surface area contributed by atoms with Gasteiger partial charge in [0.15, 0.2) is 5.82 Å². The zero-order valence-electron chi connectivity index (χ0n) is 14.3. The molecule has 1 fully saturated rings. The summed E-state index contributed by atoms with van der Waals surface area (Å²) in [5.41, 5.74) is -0.343. The quantitative estimate of drug-likeness (QED) is 0.921. The predicted octanol–water partition coefficient (Wildman–Crippen LogP) is 1.97. The molecular weight excluding hydrogens is 280 g/mol. The van der Waals surface area contributed by atoms with Crippen molar-refractivity contribution < 1.29 is 9.32 Å². The van der Waals surface area contributed by atoms with Crippen molar-refractivity contribution >= 4 is 5.91 Å². The Morgan fingerprint density at radius 3 is 2.86 bits per heavy atom. The van der Waals surface area contributed by atoms with Crippen molar-refractivity contribution in [1.82, 2.24) is 20.4 Å². The van der Waals surface area contributed by atoms with Crippen LogP contribution in [-0.4, -0.2) is 47.1 Å². The van der Waals surface area contributed by atoms with E-state index in [9.17, 15) is 4.79 Å². The molecule has 2 heterocycles. The molecule has 0 spiro atoms. The molecule has 0 aliphatic carbocycles. The second kappa shape index (κ2) is 6.77. The molecule has 2 rings (SSSR count). The smallest absolute Gasteiger partial charge is 0.231 e. The average Bonchev–Trinajstić information content (AvgIpc) is 2.94. The molecule has 1 aromatic heterocycles. The Kier molecular flexibility index (Phi) is 5.21. The summed E-state index contributed by atoms with van der Waals surface area (Å²) in [7, 11) is 1.92. The van der Waals surface area contributed by atoms with E-state index in [4.69, 9.17) is 4.52 Å². The number of nitrogens with zero attached hydrogens (tertiary/aromatic N) is 3. The van der Waals surface area contributed by atoms with Crippen LogP contribution >= 0.6 is 0 Å². The third kappa shape index (κ3) is 4.06. The Balaban J connectivity index is 2.02. The molecule has 1 aliphatic rings. The van der Waals surface area contributed by atoms with Crippen LogP contribution in [0.1, 0.15) is 58.2 Å². The standard InChI is InChI=1S/C16H28N4O2/c1-11(17-5)9-13-18-14(22-19-13)12-7-6-8-20(10-12)15(21)16(2,3)4/h11-12,17H,6-10H2,1-5H3. The number of likely N-dealkylation sites (tertiary alicyclic amines) is 1. The van der Waals surface area contributed by atoms with Crippen LogP contribution in [0.25, 0.3) is 0 Å². The summed E-state index contributed by atoms with van der Waals surface area (Å²) >= 11 is 0. The van der Waals surface area contributed by atoms with Gasteiger partial charge in [-0.15, -0.1) is 0 Å². The molecule has 22 heavy (non-hydrogen) atoms. The molecule has 0 bridgehead atoms. The first-order valence-corrected chi connectivity index (χ1v) is 8.10. The van der Waals surface area contributed by atoms with Crippen LogP contribution in [0.15, 0.2) is 4.52 Å². The number of carbonyl (C=O) groups is 1. The largest absolute Gasteiger partial charge is 0.341 e. The van der Waals surface area contributed by atoms with E-state index in [-0.39, 0.29) is 17.2 Å². The number of rotatable bonds is 4. The van der Waals surface area contributed by atoms with E-state index in [1.165, 1.54) is 0 Å². The molecule has 2 atom stereocenters. The van der Waals surface area contributed by atoms with Crippen molar-refractivity contribution in [3.63, 3.8) is 0 Å². The van der Waals surface area contributed by atoms with Crippen molar-refractivity contribution in [2.45, 2.75) is 58.9 Å². The van der Waals surface area contributed by atoms with Crippen molar-refractivity contribution in [2.24, 2.45) is 5.41 Å². The lowest BCUT2D eigenvalue weighted by Gasteiger charge is -2.35. The maximum atomic E-state index is 12.4. The topological polar surface area (TPSA) is 71.3 Å². The minimum Gasteiger partial charge on any atom is -0.341 e. The highest BCUT2D eigenvalue weighted by atomic mass is 16.5. The summed E-state index contributed by atoms with van der Waals surface area (Å²) in [6, 6.07) is 0.316.